The molecular weight excluding hydrogens is 258 g/mol. The molecule has 2 saturated heterocycles. The third kappa shape index (κ3) is 3.42. The Morgan fingerprint density at radius 3 is 2.25 bits per heavy atom. The van der Waals surface area contributed by atoms with Crippen LogP contribution < -0.4 is 0 Å². The van der Waals surface area contributed by atoms with Gasteiger partial charge in [0.15, 0.2) is 0 Å². The molecule has 0 bridgehead atoms. The van der Waals surface area contributed by atoms with Crippen LogP contribution in [0.5, 0.6) is 0 Å². The summed E-state index contributed by atoms with van der Waals surface area (Å²) in [5.74, 6) is -1.18. The van der Waals surface area contributed by atoms with Crippen molar-refractivity contribution >= 4 is 12.0 Å². The number of aliphatic carboxylic acids is 1. The molecule has 2 aliphatic heterocycles. The Morgan fingerprint density at radius 1 is 1.05 bits per heavy atom. The fraction of sp³-hybridized carbons (Fsp3) is 0.857. The summed E-state index contributed by atoms with van der Waals surface area (Å²) < 4.78 is 0. The maximum atomic E-state index is 12.4. The number of carbonyl (C=O) groups is 2. The number of urea groups is 1. The standard InChI is InChI=1S/C14H25N3O3/c1-15(2)12-5-8-16(9-6-12)14(20)17-7-3-4-11(10-17)13(18)19/h11-12H,3-10H2,1-2H3,(H,18,19)/t11-/m1/s1. The number of hydrogen-bond acceptors (Lipinski definition) is 3. The first-order valence-corrected chi connectivity index (χ1v) is 7.42. The van der Waals surface area contributed by atoms with Crippen LogP contribution >= 0.6 is 0 Å². The molecule has 2 fully saturated rings. The molecule has 0 aromatic carbocycles. The van der Waals surface area contributed by atoms with E-state index in [2.05, 4.69) is 19.0 Å². The van der Waals surface area contributed by atoms with Gasteiger partial charge in [0.25, 0.3) is 0 Å². The van der Waals surface area contributed by atoms with Crippen LogP contribution in [0.4, 0.5) is 4.79 Å². The highest BCUT2D eigenvalue weighted by atomic mass is 16.4. The number of nitrogens with zero attached hydrogens (tertiary/aromatic N) is 3. The molecule has 2 rings (SSSR count). The Bertz CT molecular complexity index is 365. The molecule has 1 N–H and O–H groups in total. The summed E-state index contributed by atoms with van der Waals surface area (Å²) in [6.45, 7) is 2.60. The van der Waals surface area contributed by atoms with Crippen LogP contribution in [0.15, 0.2) is 0 Å². The normalized spacial score (nSPS) is 25.1. The van der Waals surface area contributed by atoms with Crippen LogP contribution in [-0.4, -0.2) is 78.1 Å². The van der Waals surface area contributed by atoms with Gasteiger partial charge in [-0.1, -0.05) is 0 Å². The van der Waals surface area contributed by atoms with Gasteiger partial charge in [-0.2, -0.15) is 0 Å². The number of piperidine rings is 2. The molecular formula is C14H25N3O3. The van der Waals surface area contributed by atoms with E-state index in [0.717, 1.165) is 32.4 Å². The average Bonchev–Trinajstić information content (AvgIpc) is 2.46. The molecule has 114 valence electrons. The molecule has 0 spiro atoms. The lowest BCUT2D eigenvalue weighted by molar-refractivity contribution is -0.143. The van der Waals surface area contributed by atoms with Crippen molar-refractivity contribution in [1.29, 1.82) is 0 Å². The monoisotopic (exact) mass is 283 g/mol. The fourth-order valence-corrected chi connectivity index (χ4v) is 3.13. The lowest BCUT2D eigenvalue weighted by Crippen LogP contribution is -2.52. The second kappa shape index (κ2) is 6.43. The van der Waals surface area contributed by atoms with Gasteiger partial charge in [0.05, 0.1) is 5.92 Å². The Labute approximate surface area is 120 Å². The number of amides is 2. The zero-order valence-corrected chi connectivity index (χ0v) is 12.4. The zero-order valence-electron chi connectivity index (χ0n) is 12.4. The Hall–Kier alpha value is -1.30. The minimum atomic E-state index is -0.784. The molecule has 1 atom stereocenters. The van der Waals surface area contributed by atoms with E-state index < -0.39 is 11.9 Å². The summed E-state index contributed by atoms with van der Waals surface area (Å²) in [6, 6.07) is 0.570. The third-order valence-corrected chi connectivity index (χ3v) is 4.51. The first-order valence-electron chi connectivity index (χ1n) is 7.42. The lowest BCUT2D eigenvalue weighted by Gasteiger charge is -2.39. The Kier molecular flexibility index (Phi) is 4.86. The van der Waals surface area contributed by atoms with E-state index in [4.69, 9.17) is 5.11 Å². The van der Waals surface area contributed by atoms with Crippen molar-refractivity contribution in [3.8, 4) is 0 Å². The van der Waals surface area contributed by atoms with Gasteiger partial charge >= 0.3 is 12.0 Å². The highest BCUT2D eigenvalue weighted by Gasteiger charge is 2.32. The molecule has 6 nitrogen and oxygen atoms in total. The van der Waals surface area contributed by atoms with Gasteiger partial charge in [-0.15, -0.1) is 0 Å². The van der Waals surface area contributed by atoms with Crippen LogP contribution in [-0.2, 0) is 4.79 Å². The highest BCUT2D eigenvalue weighted by molar-refractivity contribution is 5.76. The largest absolute Gasteiger partial charge is 0.481 e. The smallest absolute Gasteiger partial charge is 0.320 e. The second-order valence-electron chi connectivity index (χ2n) is 6.09. The molecule has 2 amide bonds. The summed E-state index contributed by atoms with van der Waals surface area (Å²) in [4.78, 5) is 29.3. The summed E-state index contributed by atoms with van der Waals surface area (Å²) in [6.07, 6.45) is 3.46. The van der Waals surface area contributed by atoms with Gasteiger partial charge in [-0.25, -0.2) is 4.79 Å². The van der Waals surface area contributed by atoms with Crippen molar-refractivity contribution in [2.24, 2.45) is 5.92 Å². The van der Waals surface area contributed by atoms with Crippen molar-refractivity contribution in [1.82, 2.24) is 14.7 Å². The van der Waals surface area contributed by atoms with E-state index in [1.165, 1.54) is 0 Å². The van der Waals surface area contributed by atoms with Crippen molar-refractivity contribution in [2.75, 3.05) is 40.3 Å². The number of carboxylic acids is 1. The molecule has 0 saturated carbocycles. The van der Waals surface area contributed by atoms with Crippen molar-refractivity contribution < 1.29 is 14.7 Å². The van der Waals surface area contributed by atoms with Crippen LogP contribution in [0.3, 0.4) is 0 Å². The lowest BCUT2D eigenvalue weighted by atomic mass is 9.98. The average molecular weight is 283 g/mol. The highest BCUT2D eigenvalue weighted by Crippen LogP contribution is 2.20. The van der Waals surface area contributed by atoms with E-state index in [1.54, 1.807) is 4.90 Å². The number of carbonyl (C=O) groups excluding carboxylic acids is 1. The predicted octanol–water partition coefficient (Wildman–Crippen LogP) is 0.929. The van der Waals surface area contributed by atoms with Gasteiger partial charge in [0, 0.05) is 32.2 Å². The summed E-state index contributed by atoms with van der Waals surface area (Å²) in [5, 5.41) is 9.09. The predicted molar refractivity (Wildman–Crippen MR) is 75.6 cm³/mol. The van der Waals surface area contributed by atoms with E-state index >= 15 is 0 Å². The van der Waals surface area contributed by atoms with Crippen LogP contribution in [0.1, 0.15) is 25.7 Å². The van der Waals surface area contributed by atoms with Gasteiger partial charge < -0.3 is 19.8 Å². The molecule has 6 heteroatoms. The van der Waals surface area contributed by atoms with Gasteiger partial charge in [-0.05, 0) is 39.8 Å². The fourth-order valence-electron chi connectivity index (χ4n) is 3.13. The van der Waals surface area contributed by atoms with Crippen molar-refractivity contribution in [3.63, 3.8) is 0 Å². The zero-order chi connectivity index (χ0) is 14.7. The van der Waals surface area contributed by atoms with Crippen molar-refractivity contribution in [3.05, 3.63) is 0 Å². The molecule has 20 heavy (non-hydrogen) atoms. The Morgan fingerprint density at radius 2 is 1.70 bits per heavy atom. The molecule has 0 aromatic rings. The minimum absolute atomic E-state index is 0.0214. The number of hydrogen-bond donors (Lipinski definition) is 1. The number of carboxylic acid groups (broad SMARTS) is 1. The summed E-state index contributed by atoms with van der Waals surface area (Å²) in [7, 11) is 4.15. The van der Waals surface area contributed by atoms with E-state index in [-0.39, 0.29) is 6.03 Å². The maximum Gasteiger partial charge on any atom is 0.320 e. The third-order valence-electron chi connectivity index (χ3n) is 4.51. The molecule has 0 aliphatic carbocycles. The SMILES string of the molecule is CN(C)C1CCN(C(=O)N2CCC[C@@H](C(=O)O)C2)CC1. The number of likely N-dealkylation sites (tertiary alicyclic amines) is 2. The minimum Gasteiger partial charge on any atom is -0.481 e. The van der Waals surface area contributed by atoms with Crippen LogP contribution in [0.2, 0.25) is 0 Å². The second-order valence-corrected chi connectivity index (χ2v) is 6.09. The summed E-state index contributed by atoms with van der Waals surface area (Å²) >= 11 is 0. The first-order chi connectivity index (χ1) is 9.49. The molecule has 0 radical (unpaired) electrons. The topological polar surface area (TPSA) is 64.1 Å². The summed E-state index contributed by atoms with van der Waals surface area (Å²) in [5.41, 5.74) is 0. The molecule has 2 aliphatic rings. The van der Waals surface area contributed by atoms with E-state index in [1.807, 2.05) is 4.90 Å². The molecule has 0 aromatic heterocycles. The Balaban J connectivity index is 1.87. The maximum absolute atomic E-state index is 12.4. The van der Waals surface area contributed by atoms with Crippen LogP contribution in [0, 0.1) is 5.92 Å². The van der Waals surface area contributed by atoms with Gasteiger partial charge in [0.1, 0.15) is 0 Å². The number of rotatable bonds is 2. The molecule has 2 heterocycles. The quantitative estimate of drug-likeness (QED) is 0.819. The van der Waals surface area contributed by atoms with Crippen molar-refractivity contribution in [2.45, 2.75) is 31.7 Å². The van der Waals surface area contributed by atoms with E-state index in [0.29, 0.717) is 25.6 Å². The van der Waals surface area contributed by atoms with Crippen LogP contribution in [0.25, 0.3) is 0 Å². The van der Waals surface area contributed by atoms with Gasteiger partial charge in [0.2, 0.25) is 0 Å². The molecule has 0 unspecified atom stereocenters. The van der Waals surface area contributed by atoms with Gasteiger partial charge in [-0.3, -0.25) is 4.79 Å². The van der Waals surface area contributed by atoms with E-state index in [9.17, 15) is 9.59 Å². The first kappa shape index (κ1) is 15.1.